The minimum atomic E-state index is -0.288. The third-order valence-corrected chi connectivity index (χ3v) is 3.18. The molecule has 1 aliphatic heterocycles. The SMILES string of the molecule is CCOC(=O)N[C@@H]1CC=C[C@H]2CNC[C@@H]21. The lowest BCUT2D eigenvalue weighted by atomic mass is 9.83. The maximum atomic E-state index is 11.3. The summed E-state index contributed by atoms with van der Waals surface area (Å²) in [6.45, 7) is 4.27. The summed E-state index contributed by atoms with van der Waals surface area (Å²) in [5.41, 5.74) is 0. The summed E-state index contributed by atoms with van der Waals surface area (Å²) < 4.78 is 4.90. The highest BCUT2D eigenvalue weighted by Crippen LogP contribution is 2.27. The van der Waals surface area contributed by atoms with Gasteiger partial charge in [-0.1, -0.05) is 12.2 Å². The van der Waals surface area contributed by atoms with Crippen LogP contribution in [0.5, 0.6) is 0 Å². The van der Waals surface area contributed by atoms with Crippen molar-refractivity contribution in [3.05, 3.63) is 12.2 Å². The second kappa shape index (κ2) is 4.66. The molecular weight excluding hydrogens is 192 g/mol. The molecule has 0 radical (unpaired) electrons. The molecule has 4 heteroatoms. The van der Waals surface area contributed by atoms with Crippen LogP contribution < -0.4 is 10.6 Å². The van der Waals surface area contributed by atoms with E-state index in [9.17, 15) is 4.79 Å². The summed E-state index contributed by atoms with van der Waals surface area (Å²) >= 11 is 0. The summed E-state index contributed by atoms with van der Waals surface area (Å²) in [4.78, 5) is 11.3. The molecule has 0 aromatic carbocycles. The van der Waals surface area contributed by atoms with Gasteiger partial charge in [-0.3, -0.25) is 0 Å². The summed E-state index contributed by atoms with van der Waals surface area (Å²) in [6, 6.07) is 0.231. The number of hydrogen-bond acceptors (Lipinski definition) is 3. The van der Waals surface area contributed by atoms with Gasteiger partial charge in [-0.05, 0) is 25.2 Å². The van der Waals surface area contributed by atoms with Crippen LogP contribution in [0.15, 0.2) is 12.2 Å². The van der Waals surface area contributed by atoms with E-state index in [1.807, 2.05) is 6.92 Å². The third-order valence-electron chi connectivity index (χ3n) is 3.18. The first-order chi connectivity index (χ1) is 7.31. The Hall–Kier alpha value is -1.03. The quantitative estimate of drug-likeness (QED) is 0.666. The zero-order valence-corrected chi connectivity index (χ0v) is 9.03. The first-order valence-corrected chi connectivity index (χ1v) is 5.62. The van der Waals surface area contributed by atoms with Gasteiger partial charge in [-0.2, -0.15) is 0 Å². The maximum absolute atomic E-state index is 11.3. The molecular formula is C11H18N2O2. The number of fused-ring (bicyclic) bond motifs is 1. The molecule has 84 valence electrons. The van der Waals surface area contributed by atoms with Gasteiger partial charge in [0.1, 0.15) is 0 Å². The molecule has 2 aliphatic rings. The van der Waals surface area contributed by atoms with Crippen molar-refractivity contribution in [1.29, 1.82) is 0 Å². The first-order valence-electron chi connectivity index (χ1n) is 5.62. The zero-order valence-electron chi connectivity index (χ0n) is 9.03. The molecule has 1 amide bonds. The normalized spacial score (nSPS) is 33.5. The van der Waals surface area contributed by atoms with E-state index in [2.05, 4.69) is 22.8 Å². The van der Waals surface area contributed by atoms with Crippen LogP contribution in [-0.4, -0.2) is 31.8 Å². The number of hydrogen-bond donors (Lipinski definition) is 2. The Morgan fingerprint density at radius 2 is 2.47 bits per heavy atom. The van der Waals surface area contributed by atoms with Crippen LogP contribution in [0.25, 0.3) is 0 Å². The second-order valence-corrected chi connectivity index (χ2v) is 4.12. The first kappa shape index (κ1) is 10.5. The fraction of sp³-hybridized carbons (Fsp3) is 0.727. The van der Waals surface area contributed by atoms with E-state index < -0.39 is 0 Å². The van der Waals surface area contributed by atoms with Gasteiger partial charge in [0, 0.05) is 19.1 Å². The Morgan fingerprint density at radius 1 is 1.60 bits per heavy atom. The van der Waals surface area contributed by atoms with Crippen molar-refractivity contribution in [2.45, 2.75) is 19.4 Å². The molecule has 0 spiro atoms. The monoisotopic (exact) mass is 210 g/mol. The lowest BCUT2D eigenvalue weighted by Crippen LogP contribution is -2.44. The number of alkyl carbamates (subject to hydrolysis) is 1. The summed E-state index contributed by atoms with van der Waals surface area (Å²) in [5.74, 6) is 1.10. The minimum Gasteiger partial charge on any atom is -0.450 e. The van der Waals surface area contributed by atoms with Crippen molar-refractivity contribution >= 4 is 6.09 Å². The smallest absolute Gasteiger partial charge is 0.407 e. The molecule has 0 unspecified atom stereocenters. The fourth-order valence-corrected chi connectivity index (χ4v) is 2.44. The Balaban J connectivity index is 1.91. The number of amides is 1. The van der Waals surface area contributed by atoms with Gasteiger partial charge in [0.2, 0.25) is 0 Å². The molecule has 3 atom stereocenters. The van der Waals surface area contributed by atoms with Crippen LogP contribution in [0.2, 0.25) is 0 Å². The summed E-state index contributed by atoms with van der Waals surface area (Å²) in [5, 5.41) is 6.29. The number of rotatable bonds is 2. The van der Waals surface area contributed by atoms with Crippen molar-refractivity contribution in [3.8, 4) is 0 Å². The number of ether oxygens (including phenoxy) is 1. The van der Waals surface area contributed by atoms with Crippen LogP contribution in [0, 0.1) is 11.8 Å². The molecule has 2 N–H and O–H groups in total. The van der Waals surface area contributed by atoms with E-state index in [-0.39, 0.29) is 12.1 Å². The molecule has 15 heavy (non-hydrogen) atoms. The molecule has 0 bridgehead atoms. The van der Waals surface area contributed by atoms with Crippen molar-refractivity contribution in [2.24, 2.45) is 11.8 Å². The van der Waals surface area contributed by atoms with Crippen LogP contribution in [-0.2, 0) is 4.74 Å². The van der Waals surface area contributed by atoms with Gasteiger partial charge in [-0.15, -0.1) is 0 Å². The molecule has 4 nitrogen and oxygen atoms in total. The van der Waals surface area contributed by atoms with Gasteiger partial charge in [0.15, 0.2) is 0 Å². The second-order valence-electron chi connectivity index (χ2n) is 4.12. The van der Waals surface area contributed by atoms with Gasteiger partial charge in [0.25, 0.3) is 0 Å². The van der Waals surface area contributed by atoms with Gasteiger partial charge in [-0.25, -0.2) is 4.79 Å². The highest BCUT2D eigenvalue weighted by Gasteiger charge is 2.34. The predicted molar refractivity (Wildman–Crippen MR) is 57.6 cm³/mol. The van der Waals surface area contributed by atoms with Crippen molar-refractivity contribution in [2.75, 3.05) is 19.7 Å². The molecule has 0 saturated carbocycles. The Labute approximate surface area is 90.1 Å². The van der Waals surface area contributed by atoms with E-state index in [0.29, 0.717) is 18.4 Å². The molecule has 1 fully saturated rings. The molecule has 1 aliphatic carbocycles. The van der Waals surface area contributed by atoms with Gasteiger partial charge >= 0.3 is 6.09 Å². The molecule has 1 heterocycles. The number of carbonyl (C=O) groups is 1. The van der Waals surface area contributed by atoms with Crippen LogP contribution in [0.3, 0.4) is 0 Å². The summed E-state index contributed by atoms with van der Waals surface area (Å²) in [7, 11) is 0. The fourth-order valence-electron chi connectivity index (χ4n) is 2.44. The molecule has 2 rings (SSSR count). The number of nitrogens with one attached hydrogen (secondary N) is 2. The van der Waals surface area contributed by atoms with Crippen LogP contribution >= 0.6 is 0 Å². The van der Waals surface area contributed by atoms with Crippen molar-refractivity contribution in [3.63, 3.8) is 0 Å². The highest BCUT2D eigenvalue weighted by atomic mass is 16.5. The third kappa shape index (κ3) is 2.31. The molecule has 0 aromatic rings. The molecule has 1 saturated heterocycles. The topological polar surface area (TPSA) is 50.4 Å². The molecule has 0 aromatic heterocycles. The Bertz CT molecular complexity index is 265. The van der Waals surface area contributed by atoms with Crippen LogP contribution in [0.1, 0.15) is 13.3 Å². The van der Waals surface area contributed by atoms with Crippen LogP contribution in [0.4, 0.5) is 4.79 Å². The predicted octanol–water partition coefficient (Wildman–Crippen LogP) is 0.897. The minimum absolute atomic E-state index is 0.231. The lowest BCUT2D eigenvalue weighted by molar-refractivity contribution is 0.142. The largest absolute Gasteiger partial charge is 0.450 e. The van der Waals surface area contributed by atoms with E-state index >= 15 is 0 Å². The zero-order chi connectivity index (χ0) is 10.7. The Kier molecular flexibility index (Phi) is 3.26. The van der Waals surface area contributed by atoms with Gasteiger partial charge < -0.3 is 15.4 Å². The average molecular weight is 210 g/mol. The van der Waals surface area contributed by atoms with E-state index in [1.54, 1.807) is 0 Å². The standard InChI is InChI=1S/C11H18N2O2/c1-2-15-11(14)13-10-5-3-4-8-6-12-7-9(8)10/h3-4,8-10,12H,2,5-7H2,1H3,(H,13,14)/t8-,9-,10+/m0/s1. The van der Waals surface area contributed by atoms with Gasteiger partial charge in [0.05, 0.1) is 6.61 Å². The van der Waals surface area contributed by atoms with Crippen molar-refractivity contribution < 1.29 is 9.53 Å². The lowest BCUT2D eigenvalue weighted by Gasteiger charge is -2.29. The summed E-state index contributed by atoms with van der Waals surface area (Å²) in [6.07, 6.45) is 5.05. The van der Waals surface area contributed by atoms with Crippen molar-refractivity contribution in [1.82, 2.24) is 10.6 Å². The van der Waals surface area contributed by atoms with E-state index in [1.165, 1.54) is 0 Å². The highest BCUT2D eigenvalue weighted by molar-refractivity contribution is 5.67. The maximum Gasteiger partial charge on any atom is 0.407 e. The number of carbonyl (C=O) groups excluding carboxylic acids is 1. The average Bonchev–Trinajstić information content (AvgIpc) is 2.67. The van der Waals surface area contributed by atoms with E-state index in [4.69, 9.17) is 4.74 Å². The van der Waals surface area contributed by atoms with E-state index in [0.717, 1.165) is 19.5 Å². The Morgan fingerprint density at radius 3 is 3.27 bits per heavy atom.